The second kappa shape index (κ2) is 7.24. The maximum Gasteiger partial charge on any atom is 0.313 e. The Morgan fingerprint density at radius 1 is 1.45 bits per heavy atom. The number of benzene rings is 1. The fraction of sp³-hybridized carbons (Fsp3) is 0.538. The first-order valence-electron chi connectivity index (χ1n) is 6.22. The van der Waals surface area contributed by atoms with Gasteiger partial charge >= 0.3 is 5.69 Å². The summed E-state index contributed by atoms with van der Waals surface area (Å²) in [5.74, 6) is 0.218. The lowest BCUT2D eigenvalue weighted by Gasteiger charge is -2.20. The van der Waals surface area contributed by atoms with Gasteiger partial charge in [0.1, 0.15) is 0 Å². The smallest absolute Gasteiger partial charge is 0.313 e. The van der Waals surface area contributed by atoms with E-state index in [1.807, 2.05) is 0 Å². The van der Waals surface area contributed by atoms with Gasteiger partial charge in [0.25, 0.3) is 0 Å². The van der Waals surface area contributed by atoms with Crippen molar-refractivity contribution in [1.29, 1.82) is 0 Å². The summed E-state index contributed by atoms with van der Waals surface area (Å²) in [7, 11) is 0. The average molecular weight is 366 g/mol. The van der Waals surface area contributed by atoms with Crippen molar-refractivity contribution in [2.75, 3.05) is 13.2 Å². The number of nitro benzene ring substituents is 1. The van der Waals surface area contributed by atoms with Gasteiger partial charge in [0.15, 0.2) is 0 Å². The molecule has 7 heteroatoms. The third-order valence-corrected chi connectivity index (χ3v) is 3.22. The molecule has 0 aromatic heterocycles. The molecule has 5 nitrogen and oxygen atoms in total. The minimum atomic E-state index is -0.501. The monoisotopic (exact) mass is 364 g/mol. The number of rotatable bonds is 6. The van der Waals surface area contributed by atoms with Gasteiger partial charge in [-0.25, -0.2) is 0 Å². The first-order valence-corrected chi connectivity index (χ1v) is 7.39. The number of hydrogen-bond acceptors (Lipinski definition) is 4. The van der Waals surface area contributed by atoms with Gasteiger partial charge in [-0.15, -0.1) is 0 Å². The van der Waals surface area contributed by atoms with Crippen LogP contribution in [0.4, 0.5) is 5.69 Å². The van der Waals surface area contributed by atoms with E-state index in [9.17, 15) is 10.1 Å². The van der Waals surface area contributed by atoms with Gasteiger partial charge < -0.3 is 10.1 Å². The van der Waals surface area contributed by atoms with Crippen LogP contribution in [-0.2, 0) is 0 Å². The zero-order valence-corrected chi connectivity index (χ0v) is 14.0. The van der Waals surface area contributed by atoms with Crippen molar-refractivity contribution in [2.45, 2.75) is 32.7 Å². The molecule has 0 aliphatic rings. The molecule has 0 heterocycles. The van der Waals surface area contributed by atoms with Crippen molar-refractivity contribution in [3.63, 3.8) is 0 Å². The molecule has 1 aromatic carbocycles. The minimum absolute atomic E-state index is 0.0485. The highest BCUT2D eigenvalue weighted by Gasteiger charge is 2.20. The van der Waals surface area contributed by atoms with E-state index in [2.05, 4.69) is 42.0 Å². The first kappa shape index (κ1) is 17.2. The Labute approximate surface area is 131 Å². The van der Waals surface area contributed by atoms with Gasteiger partial charge in [0.05, 0.1) is 16.0 Å². The predicted molar refractivity (Wildman–Crippen MR) is 83.7 cm³/mol. The summed E-state index contributed by atoms with van der Waals surface area (Å²) in [4.78, 5) is 10.5. The maximum absolute atomic E-state index is 11.0. The second-order valence-electron chi connectivity index (χ2n) is 5.37. The van der Waals surface area contributed by atoms with Crippen LogP contribution >= 0.6 is 27.5 Å². The Hall–Kier alpha value is -0.850. The van der Waals surface area contributed by atoms with Crippen molar-refractivity contribution >= 4 is 33.2 Å². The summed E-state index contributed by atoms with van der Waals surface area (Å²) >= 11 is 9.04. The number of nitrogens with zero attached hydrogens (tertiary/aromatic N) is 1. The van der Waals surface area contributed by atoms with Crippen molar-refractivity contribution in [2.24, 2.45) is 0 Å². The van der Waals surface area contributed by atoms with Gasteiger partial charge in [-0.05, 0) is 55.7 Å². The molecule has 0 amide bonds. The van der Waals surface area contributed by atoms with Crippen molar-refractivity contribution in [3.05, 3.63) is 31.7 Å². The summed E-state index contributed by atoms with van der Waals surface area (Å²) in [6, 6.07) is 2.87. The standard InChI is InChI=1S/C13H18BrClN2O3/c1-13(2,3)16-5-4-6-20-12-10(14)7-9(15)8-11(12)17(18)19/h7-8,16H,4-6H2,1-3H3. The van der Waals surface area contributed by atoms with E-state index < -0.39 is 4.92 Å². The van der Waals surface area contributed by atoms with E-state index in [1.54, 1.807) is 6.07 Å². The van der Waals surface area contributed by atoms with Gasteiger partial charge in [0, 0.05) is 16.6 Å². The van der Waals surface area contributed by atoms with E-state index in [-0.39, 0.29) is 17.0 Å². The average Bonchev–Trinajstić information content (AvgIpc) is 2.28. The molecule has 0 aliphatic heterocycles. The Morgan fingerprint density at radius 2 is 2.10 bits per heavy atom. The highest BCUT2D eigenvalue weighted by atomic mass is 79.9. The molecule has 20 heavy (non-hydrogen) atoms. The van der Waals surface area contributed by atoms with Crippen LogP contribution in [0.2, 0.25) is 5.02 Å². The van der Waals surface area contributed by atoms with Crippen LogP contribution in [0.15, 0.2) is 16.6 Å². The van der Waals surface area contributed by atoms with Crippen molar-refractivity contribution in [1.82, 2.24) is 5.32 Å². The molecular weight excluding hydrogens is 348 g/mol. The van der Waals surface area contributed by atoms with Crippen LogP contribution in [0.3, 0.4) is 0 Å². The van der Waals surface area contributed by atoms with Crippen molar-refractivity contribution in [3.8, 4) is 5.75 Å². The lowest BCUT2D eigenvalue weighted by Crippen LogP contribution is -2.36. The zero-order valence-electron chi connectivity index (χ0n) is 11.7. The molecule has 0 atom stereocenters. The maximum atomic E-state index is 11.0. The van der Waals surface area contributed by atoms with Crippen LogP contribution in [-0.4, -0.2) is 23.6 Å². The third kappa shape index (κ3) is 5.64. The quantitative estimate of drug-likeness (QED) is 0.467. The van der Waals surface area contributed by atoms with E-state index in [0.29, 0.717) is 16.1 Å². The fourth-order valence-electron chi connectivity index (χ4n) is 1.54. The van der Waals surface area contributed by atoms with Crippen molar-refractivity contribution < 1.29 is 9.66 Å². The molecule has 0 fully saturated rings. The van der Waals surface area contributed by atoms with E-state index >= 15 is 0 Å². The number of nitro groups is 1. The Kier molecular flexibility index (Phi) is 6.23. The molecule has 1 rings (SSSR count). The lowest BCUT2D eigenvalue weighted by molar-refractivity contribution is -0.385. The zero-order chi connectivity index (χ0) is 15.3. The normalized spacial score (nSPS) is 11.4. The van der Waals surface area contributed by atoms with E-state index in [0.717, 1.165) is 13.0 Å². The number of ether oxygens (including phenoxy) is 1. The van der Waals surface area contributed by atoms with Crippen LogP contribution in [0.5, 0.6) is 5.75 Å². The number of nitrogens with one attached hydrogen (secondary N) is 1. The van der Waals surface area contributed by atoms with E-state index in [1.165, 1.54) is 6.07 Å². The molecule has 0 saturated heterocycles. The highest BCUT2D eigenvalue weighted by molar-refractivity contribution is 9.10. The van der Waals surface area contributed by atoms with Gasteiger partial charge in [-0.1, -0.05) is 11.6 Å². The predicted octanol–water partition coefficient (Wildman–Crippen LogP) is 4.17. The SMILES string of the molecule is CC(C)(C)NCCCOc1c(Br)cc(Cl)cc1[N+](=O)[O-]. The first-order chi connectivity index (χ1) is 9.20. The summed E-state index contributed by atoms with van der Waals surface area (Å²) in [6.07, 6.45) is 0.753. The van der Waals surface area contributed by atoms with Gasteiger partial charge in [0.2, 0.25) is 5.75 Å². The molecule has 0 spiro atoms. The molecule has 1 N–H and O–H groups in total. The topological polar surface area (TPSA) is 64.4 Å². The van der Waals surface area contributed by atoms with E-state index in [4.69, 9.17) is 16.3 Å². The summed E-state index contributed by atoms with van der Waals surface area (Å²) in [5.41, 5.74) is -0.0829. The number of hydrogen-bond donors (Lipinski definition) is 1. The summed E-state index contributed by atoms with van der Waals surface area (Å²) in [5, 5.41) is 14.6. The molecule has 0 bridgehead atoms. The largest absolute Gasteiger partial charge is 0.486 e. The Bertz CT molecular complexity index is 489. The van der Waals surface area contributed by atoms with Gasteiger partial charge in [-0.3, -0.25) is 10.1 Å². The van der Waals surface area contributed by atoms with Crippen LogP contribution in [0.1, 0.15) is 27.2 Å². The molecule has 1 aromatic rings. The Morgan fingerprint density at radius 3 is 2.65 bits per heavy atom. The van der Waals surface area contributed by atoms with Crippen LogP contribution < -0.4 is 10.1 Å². The molecule has 0 unspecified atom stereocenters. The molecule has 0 radical (unpaired) electrons. The molecule has 112 valence electrons. The summed E-state index contributed by atoms with van der Waals surface area (Å²) in [6.45, 7) is 7.41. The third-order valence-electron chi connectivity index (χ3n) is 2.41. The second-order valence-corrected chi connectivity index (χ2v) is 6.66. The molecular formula is C13H18BrClN2O3. The number of halogens is 2. The minimum Gasteiger partial charge on any atom is -0.486 e. The van der Waals surface area contributed by atoms with Crippen LogP contribution in [0.25, 0.3) is 0 Å². The fourth-order valence-corrected chi connectivity index (χ4v) is 2.44. The molecule has 0 saturated carbocycles. The Balaban J connectivity index is 2.62. The van der Waals surface area contributed by atoms with Gasteiger partial charge in [-0.2, -0.15) is 0 Å². The van der Waals surface area contributed by atoms with Crippen LogP contribution in [0, 0.1) is 10.1 Å². The highest BCUT2D eigenvalue weighted by Crippen LogP contribution is 2.37. The summed E-state index contributed by atoms with van der Waals surface area (Å²) < 4.78 is 6.00. The lowest BCUT2D eigenvalue weighted by atomic mass is 10.1. The molecule has 0 aliphatic carbocycles.